The van der Waals surface area contributed by atoms with Gasteiger partial charge in [-0.2, -0.15) is 0 Å². The van der Waals surface area contributed by atoms with E-state index in [1.807, 2.05) is 13.8 Å². The van der Waals surface area contributed by atoms with E-state index in [1.54, 1.807) is 4.90 Å². The van der Waals surface area contributed by atoms with Gasteiger partial charge in [0.25, 0.3) is 0 Å². The molecular formula is C17H28BNO2. The molecule has 1 amide bonds. The summed E-state index contributed by atoms with van der Waals surface area (Å²) in [6.45, 7) is 12.8. The van der Waals surface area contributed by atoms with Crippen LogP contribution in [0.15, 0.2) is 11.1 Å². The van der Waals surface area contributed by atoms with Crippen molar-refractivity contribution >= 4 is 13.7 Å². The molecule has 0 saturated carbocycles. The van der Waals surface area contributed by atoms with E-state index in [-0.39, 0.29) is 18.0 Å². The molecule has 3 nitrogen and oxygen atoms in total. The lowest BCUT2D eigenvalue weighted by molar-refractivity contribution is -0.0630. The largest absolute Gasteiger partial charge is 0.351 e. The Hall–Kier alpha value is -0.765. The van der Waals surface area contributed by atoms with E-state index in [2.05, 4.69) is 27.7 Å². The van der Waals surface area contributed by atoms with Gasteiger partial charge in [0.05, 0.1) is 12.1 Å². The van der Waals surface area contributed by atoms with E-state index in [0.29, 0.717) is 11.8 Å². The molecule has 4 atom stereocenters. The molecule has 4 heteroatoms. The van der Waals surface area contributed by atoms with Gasteiger partial charge in [-0.05, 0) is 58.8 Å². The number of hydrogen-bond acceptors (Lipinski definition) is 2. The average Bonchev–Trinajstić information content (AvgIpc) is 2.76. The van der Waals surface area contributed by atoms with Crippen LogP contribution < -0.4 is 0 Å². The summed E-state index contributed by atoms with van der Waals surface area (Å²) in [7, 11) is 5.58. The lowest BCUT2D eigenvalue weighted by Crippen LogP contribution is -2.47. The van der Waals surface area contributed by atoms with Crippen molar-refractivity contribution in [1.82, 2.24) is 4.90 Å². The van der Waals surface area contributed by atoms with Crippen molar-refractivity contribution in [3.05, 3.63) is 11.1 Å². The lowest BCUT2D eigenvalue weighted by Gasteiger charge is -2.33. The zero-order valence-corrected chi connectivity index (χ0v) is 14.3. The number of carbonyl (C=O) groups excluding carboxylic acids is 1. The van der Waals surface area contributed by atoms with Crippen molar-refractivity contribution < 1.29 is 9.53 Å². The summed E-state index contributed by atoms with van der Waals surface area (Å²) < 4.78 is 6.22. The molecule has 1 aliphatic heterocycles. The van der Waals surface area contributed by atoms with Gasteiger partial charge in [-0.3, -0.25) is 4.79 Å². The highest BCUT2D eigenvalue weighted by Gasteiger charge is 2.48. The number of nitrogens with zero attached hydrogens (tertiary/aromatic N) is 1. The molecule has 0 aromatic heterocycles. The Morgan fingerprint density at radius 3 is 2.48 bits per heavy atom. The molecule has 1 heterocycles. The molecule has 2 radical (unpaired) electrons. The standard InChI is InChI=1S/C17H28BNO2/c1-7-14-15(21-17(5,6)19(14)16(18)20)9-13-11(3)8-10(2)12(13)4/h11,13-15H,7-9H2,1-6H3/t11?,13?,14-,15+/m0/s1. The van der Waals surface area contributed by atoms with Crippen molar-refractivity contribution in [3.63, 3.8) is 0 Å². The fraction of sp³-hybridized carbons (Fsp3) is 0.824. The van der Waals surface area contributed by atoms with Gasteiger partial charge in [0, 0.05) is 0 Å². The second-order valence-electron chi connectivity index (χ2n) is 7.27. The summed E-state index contributed by atoms with van der Waals surface area (Å²) in [6, 6.07) is 0.0819. The third-order valence-electron chi connectivity index (χ3n) is 5.47. The Morgan fingerprint density at radius 1 is 1.43 bits per heavy atom. The van der Waals surface area contributed by atoms with Gasteiger partial charge < -0.3 is 9.64 Å². The average molecular weight is 289 g/mol. The van der Waals surface area contributed by atoms with Crippen LogP contribution in [-0.2, 0) is 4.74 Å². The molecule has 116 valence electrons. The third kappa shape index (κ3) is 2.92. The smallest absolute Gasteiger partial charge is 0.200 e. The van der Waals surface area contributed by atoms with Crippen LogP contribution in [-0.4, -0.2) is 36.4 Å². The topological polar surface area (TPSA) is 29.5 Å². The highest BCUT2D eigenvalue weighted by Crippen LogP contribution is 2.43. The minimum Gasteiger partial charge on any atom is -0.351 e. The Kier molecular flexibility index (Phi) is 4.58. The second kappa shape index (κ2) is 5.79. The zero-order valence-electron chi connectivity index (χ0n) is 14.3. The maximum atomic E-state index is 11.8. The van der Waals surface area contributed by atoms with Gasteiger partial charge in [-0.1, -0.05) is 25.0 Å². The minimum absolute atomic E-state index is 0.0748. The monoisotopic (exact) mass is 289 g/mol. The van der Waals surface area contributed by atoms with E-state index < -0.39 is 5.72 Å². The molecule has 0 spiro atoms. The van der Waals surface area contributed by atoms with Crippen molar-refractivity contribution in [2.45, 2.75) is 78.7 Å². The second-order valence-corrected chi connectivity index (χ2v) is 7.27. The van der Waals surface area contributed by atoms with Crippen molar-refractivity contribution in [2.24, 2.45) is 11.8 Å². The molecule has 21 heavy (non-hydrogen) atoms. The minimum atomic E-state index is -0.605. The highest BCUT2D eigenvalue weighted by molar-refractivity contribution is 6.57. The third-order valence-corrected chi connectivity index (χ3v) is 5.47. The molecule has 2 rings (SSSR count). The van der Waals surface area contributed by atoms with E-state index in [4.69, 9.17) is 12.6 Å². The molecular weight excluding hydrogens is 261 g/mol. The van der Waals surface area contributed by atoms with E-state index >= 15 is 0 Å². The molecule has 1 fully saturated rings. The van der Waals surface area contributed by atoms with Crippen molar-refractivity contribution in [3.8, 4) is 0 Å². The SMILES string of the molecule is [B]C(=O)N1[C@@H](CC)[C@@H](CC2C(C)=C(C)CC2C)OC1(C)C. The molecule has 0 bridgehead atoms. The Balaban J connectivity index is 2.19. The van der Waals surface area contributed by atoms with Crippen molar-refractivity contribution in [2.75, 3.05) is 0 Å². The quantitative estimate of drug-likeness (QED) is 0.583. The summed E-state index contributed by atoms with van der Waals surface area (Å²) in [6.07, 6.45) is 3.12. The van der Waals surface area contributed by atoms with Crippen LogP contribution >= 0.6 is 0 Å². The predicted molar refractivity (Wildman–Crippen MR) is 86.3 cm³/mol. The van der Waals surface area contributed by atoms with Crippen LogP contribution in [0, 0.1) is 11.8 Å². The van der Waals surface area contributed by atoms with Crippen LogP contribution in [0.2, 0.25) is 0 Å². The summed E-state index contributed by atoms with van der Waals surface area (Å²) in [5.74, 6) is 0.849. The van der Waals surface area contributed by atoms with Crippen LogP contribution in [0.25, 0.3) is 0 Å². The van der Waals surface area contributed by atoms with Crippen molar-refractivity contribution in [1.29, 1.82) is 0 Å². The number of allylic oxidation sites excluding steroid dienone is 2. The fourth-order valence-electron chi connectivity index (χ4n) is 4.34. The first kappa shape index (κ1) is 16.6. The maximum Gasteiger partial charge on any atom is 0.200 e. The van der Waals surface area contributed by atoms with Gasteiger partial charge in [0.1, 0.15) is 5.72 Å². The Labute approximate surface area is 130 Å². The van der Waals surface area contributed by atoms with E-state index in [1.165, 1.54) is 17.6 Å². The van der Waals surface area contributed by atoms with Gasteiger partial charge in [-0.25, -0.2) is 0 Å². The van der Waals surface area contributed by atoms with E-state index in [9.17, 15) is 4.79 Å². The van der Waals surface area contributed by atoms with Crippen LogP contribution in [0.1, 0.15) is 60.8 Å². The summed E-state index contributed by atoms with van der Waals surface area (Å²) in [5.41, 5.74) is 2.42. The van der Waals surface area contributed by atoms with Gasteiger partial charge in [0.2, 0.25) is 7.85 Å². The highest BCUT2D eigenvalue weighted by atomic mass is 16.5. The number of carbonyl (C=O) groups is 1. The summed E-state index contributed by atoms with van der Waals surface area (Å²) >= 11 is 0. The van der Waals surface area contributed by atoms with Crippen LogP contribution in [0.5, 0.6) is 0 Å². The van der Waals surface area contributed by atoms with Crippen LogP contribution in [0.4, 0.5) is 4.79 Å². The summed E-state index contributed by atoms with van der Waals surface area (Å²) in [5, 5.41) is 0. The molecule has 0 N–H and O–H groups in total. The molecule has 2 aliphatic rings. The predicted octanol–water partition coefficient (Wildman–Crippen LogP) is 3.87. The Morgan fingerprint density at radius 2 is 2.05 bits per heavy atom. The molecule has 1 aliphatic carbocycles. The number of rotatable bonds is 3. The summed E-state index contributed by atoms with van der Waals surface area (Å²) in [4.78, 5) is 13.5. The first-order valence-corrected chi connectivity index (χ1v) is 8.11. The molecule has 1 saturated heterocycles. The molecule has 0 aromatic carbocycles. The first-order chi connectivity index (χ1) is 9.69. The number of amides is 1. The normalized spacial score (nSPS) is 35.6. The lowest BCUT2D eigenvalue weighted by atomic mass is 9.85. The number of ether oxygens (including phenoxy) is 1. The maximum absolute atomic E-state index is 11.8. The van der Waals surface area contributed by atoms with Gasteiger partial charge in [0.15, 0.2) is 5.81 Å². The Bertz CT molecular complexity index is 458. The number of hydrogen-bond donors (Lipinski definition) is 0. The molecule has 2 unspecified atom stereocenters. The van der Waals surface area contributed by atoms with Gasteiger partial charge >= 0.3 is 0 Å². The fourth-order valence-corrected chi connectivity index (χ4v) is 4.34. The molecule has 0 aromatic rings. The van der Waals surface area contributed by atoms with E-state index in [0.717, 1.165) is 12.8 Å². The van der Waals surface area contributed by atoms with Crippen LogP contribution in [0.3, 0.4) is 0 Å². The first-order valence-electron chi connectivity index (χ1n) is 8.11. The zero-order chi connectivity index (χ0) is 15.9. The van der Waals surface area contributed by atoms with Gasteiger partial charge in [-0.15, -0.1) is 0 Å².